The van der Waals surface area contributed by atoms with Gasteiger partial charge in [0, 0.05) is 6.04 Å². The molecule has 1 aliphatic rings. The molecule has 1 fully saturated rings. The topological polar surface area (TPSA) is 32.3 Å². The van der Waals surface area contributed by atoms with Gasteiger partial charge in [-0.2, -0.15) is 0 Å². The van der Waals surface area contributed by atoms with Gasteiger partial charge in [0.15, 0.2) is 0 Å². The van der Waals surface area contributed by atoms with E-state index in [1.54, 1.807) is 0 Å². The number of likely N-dealkylation sites (N-methyl/N-ethyl adjacent to an activating group) is 1. The van der Waals surface area contributed by atoms with Crippen LogP contribution in [-0.2, 0) is 4.79 Å². The first-order chi connectivity index (χ1) is 5.76. The van der Waals surface area contributed by atoms with Crippen molar-refractivity contribution in [2.75, 3.05) is 19.6 Å². The van der Waals surface area contributed by atoms with Gasteiger partial charge >= 0.3 is 0 Å². The highest BCUT2D eigenvalue weighted by Crippen LogP contribution is 2.18. The maximum atomic E-state index is 11.3. The van der Waals surface area contributed by atoms with Crippen molar-refractivity contribution in [2.45, 2.75) is 32.7 Å². The summed E-state index contributed by atoms with van der Waals surface area (Å²) in [7, 11) is 0. The minimum Gasteiger partial charge on any atom is -0.352 e. The molecule has 3 nitrogen and oxygen atoms in total. The van der Waals surface area contributed by atoms with Crippen LogP contribution >= 0.6 is 0 Å². The summed E-state index contributed by atoms with van der Waals surface area (Å²) in [4.78, 5) is 13.4. The van der Waals surface area contributed by atoms with Crippen LogP contribution in [-0.4, -0.2) is 36.5 Å². The zero-order valence-corrected chi connectivity index (χ0v) is 7.97. The Bertz CT molecular complexity index is 151. The Kier molecular flexibility index (Phi) is 3.53. The van der Waals surface area contributed by atoms with Crippen molar-refractivity contribution in [1.82, 2.24) is 10.2 Å². The molecule has 1 rings (SSSR count). The van der Waals surface area contributed by atoms with Crippen molar-refractivity contribution in [3.05, 3.63) is 0 Å². The van der Waals surface area contributed by atoms with Crippen LogP contribution in [0.3, 0.4) is 0 Å². The van der Waals surface area contributed by atoms with Gasteiger partial charge in [-0.1, -0.05) is 13.8 Å². The number of amides is 1. The van der Waals surface area contributed by atoms with Gasteiger partial charge in [0.1, 0.15) is 0 Å². The van der Waals surface area contributed by atoms with Crippen LogP contribution in [0.25, 0.3) is 0 Å². The van der Waals surface area contributed by atoms with Crippen molar-refractivity contribution in [2.24, 2.45) is 0 Å². The molecule has 0 radical (unpaired) electrons. The summed E-state index contributed by atoms with van der Waals surface area (Å²) in [6, 6.07) is 0.494. The molecular weight excluding hydrogens is 152 g/mol. The summed E-state index contributed by atoms with van der Waals surface area (Å²) < 4.78 is 0. The van der Waals surface area contributed by atoms with Crippen molar-refractivity contribution in [1.29, 1.82) is 0 Å². The fourth-order valence-corrected chi connectivity index (χ4v) is 1.15. The predicted molar refractivity (Wildman–Crippen MR) is 49.0 cm³/mol. The van der Waals surface area contributed by atoms with E-state index in [1.807, 2.05) is 0 Å². The highest BCUT2D eigenvalue weighted by atomic mass is 16.2. The molecule has 0 aliphatic heterocycles. The quantitative estimate of drug-likeness (QED) is 0.655. The molecule has 12 heavy (non-hydrogen) atoms. The van der Waals surface area contributed by atoms with Gasteiger partial charge in [-0.25, -0.2) is 0 Å². The summed E-state index contributed by atoms with van der Waals surface area (Å²) in [5, 5.41) is 2.97. The van der Waals surface area contributed by atoms with Crippen molar-refractivity contribution in [3.63, 3.8) is 0 Å². The van der Waals surface area contributed by atoms with Crippen LogP contribution in [0.2, 0.25) is 0 Å². The number of nitrogens with zero attached hydrogens (tertiary/aromatic N) is 1. The third-order valence-corrected chi connectivity index (χ3v) is 2.20. The van der Waals surface area contributed by atoms with Crippen LogP contribution in [0.1, 0.15) is 26.7 Å². The molecule has 1 aliphatic carbocycles. The Morgan fingerprint density at radius 3 is 2.42 bits per heavy atom. The van der Waals surface area contributed by atoms with Gasteiger partial charge in [-0.3, -0.25) is 9.69 Å². The maximum Gasteiger partial charge on any atom is 0.234 e. The van der Waals surface area contributed by atoms with Crippen LogP contribution in [0.5, 0.6) is 0 Å². The molecule has 0 heterocycles. The smallest absolute Gasteiger partial charge is 0.234 e. The Balaban J connectivity index is 2.13. The van der Waals surface area contributed by atoms with Gasteiger partial charge in [0.2, 0.25) is 5.91 Å². The van der Waals surface area contributed by atoms with Gasteiger partial charge in [-0.05, 0) is 25.9 Å². The first-order valence-corrected chi connectivity index (χ1v) is 4.78. The average Bonchev–Trinajstić information content (AvgIpc) is 2.84. The first kappa shape index (κ1) is 9.52. The van der Waals surface area contributed by atoms with Crippen molar-refractivity contribution >= 4 is 5.91 Å². The molecule has 1 amide bonds. The molecule has 0 atom stereocenters. The Morgan fingerprint density at radius 2 is 2.00 bits per heavy atom. The maximum absolute atomic E-state index is 11.3. The number of carbonyl (C=O) groups is 1. The summed E-state index contributed by atoms with van der Waals surface area (Å²) in [6.07, 6.45) is 2.34. The first-order valence-electron chi connectivity index (χ1n) is 4.78. The third kappa shape index (κ3) is 3.22. The van der Waals surface area contributed by atoms with Gasteiger partial charge in [0.25, 0.3) is 0 Å². The summed E-state index contributed by atoms with van der Waals surface area (Å²) >= 11 is 0. The molecule has 0 aromatic heterocycles. The van der Waals surface area contributed by atoms with Gasteiger partial charge < -0.3 is 5.32 Å². The molecule has 3 heteroatoms. The van der Waals surface area contributed by atoms with E-state index < -0.39 is 0 Å². The van der Waals surface area contributed by atoms with E-state index in [2.05, 4.69) is 24.1 Å². The summed E-state index contributed by atoms with van der Waals surface area (Å²) in [5.41, 5.74) is 0. The van der Waals surface area contributed by atoms with E-state index in [9.17, 15) is 4.79 Å². The second-order valence-corrected chi connectivity index (χ2v) is 3.30. The lowest BCUT2D eigenvalue weighted by Gasteiger charge is -2.16. The highest BCUT2D eigenvalue weighted by Gasteiger charge is 2.23. The normalized spacial score (nSPS) is 16.6. The lowest BCUT2D eigenvalue weighted by molar-refractivity contribution is -0.122. The molecule has 0 spiro atoms. The number of rotatable bonds is 5. The van der Waals surface area contributed by atoms with Crippen LogP contribution in [0, 0.1) is 0 Å². The van der Waals surface area contributed by atoms with Crippen LogP contribution in [0.15, 0.2) is 0 Å². The molecule has 0 saturated heterocycles. The predicted octanol–water partition coefficient (Wildman–Crippen LogP) is 0.607. The molecule has 70 valence electrons. The second kappa shape index (κ2) is 4.45. The minimum absolute atomic E-state index is 0.182. The third-order valence-electron chi connectivity index (χ3n) is 2.20. The molecule has 0 aromatic carbocycles. The lowest BCUT2D eigenvalue weighted by Crippen LogP contribution is -2.37. The van der Waals surface area contributed by atoms with E-state index in [-0.39, 0.29) is 5.91 Å². The molecular formula is C9H18N2O. The Morgan fingerprint density at radius 1 is 1.42 bits per heavy atom. The zero-order valence-electron chi connectivity index (χ0n) is 7.97. The van der Waals surface area contributed by atoms with Crippen molar-refractivity contribution < 1.29 is 4.79 Å². The standard InChI is InChI=1S/C9H18N2O/c1-3-11(4-2)7-9(12)10-8-5-6-8/h8H,3-7H2,1-2H3,(H,10,12). The average molecular weight is 170 g/mol. The summed E-state index contributed by atoms with van der Waals surface area (Å²) in [6.45, 7) is 6.62. The lowest BCUT2D eigenvalue weighted by atomic mass is 10.4. The van der Waals surface area contributed by atoms with E-state index in [4.69, 9.17) is 0 Å². The van der Waals surface area contributed by atoms with Crippen LogP contribution < -0.4 is 5.32 Å². The fraction of sp³-hybridized carbons (Fsp3) is 0.889. The largest absolute Gasteiger partial charge is 0.352 e. The number of carbonyl (C=O) groups excluding carboxylic acids is 1. The van der Waals surface area contributed by atoms with Crippen LogP contribution in [0.4, 0.5) is 0 Å². The van der Waals surface area contributed by atoms with E-state index in [1.165, 1.54) is 12.8 Å². The van der Waals surface area contributed by atoms with E-state index in [0.717, 1.165) is 13.1 Å². The molecule has 0 aromatic rings. The Labute approximate surface area is 74.1 Å². The monoisotopic (exact) mass is 170 g/mol. The number of hydrogen-bond donors (Lipinski definition) is 1. The molecule has 0 unspecified atom stereocenters. The SMILES string of the molecule is CCN(CC)CC(=O)NC1CC1. The Hall–Kier alpha value is -0.570. The molecule has 1 saturated carbocycles. The van der Waals surface area contributed by atoms with Gasteiger partial charge in [0.05, 0.1) is 6.54 Å². The fourth-order valence-electron chi connectivity index (χ4n) is 1.15. The second-order valence-electron chi connectivity index (χ2n) is 3.30. The van der Waals surface area contributed by atoms with Gasteiger partial charge in [-0.15, -0.1) is 0 Å². The molecule has 0 bridgehead atoms. The molecule has 1 N–H and O–H groups in total. The minimum atomic E-state index is 0.182. The van der Waals surface area contributed by atoms with Crippen molar-refractivity contribution in [3.8, 4) is 0 Å². The van der Waals surface area contributed by atoms with E-state index in [0.29, 0.717) is 12.6 Å². The number of nitrogens with one attached hydrogen (secondary N) is 1. The van der Waals surface area contributed by atoms with E-state index >= 15 is 0 Å². The summed E-state index contributed by atoms with van der Waals surface area (Å²) in [5.74, 6) is 0.182. The number of hydrogen-bond acceptors (Lipinski definition) is 2. The zero-order chi connectivity index (χ0) is 8.97. The highest BCUT2D eigenvalue weighted by molar-refractivity contribution is 5.78.